The molecule has 2 rings (SSSR count). The predicted molar refractivity (Wildman–Crippen MR) is 66.5 cm³/mol. The Morgan fingerprint density at radius 1 is 1.25 bits per heavy atom. The monoisotopic (exact) mass is 216 g/mol. The smallest absolute Gasteiger partial charge is 0.133 e. The molecule has 1 aromatic carbocycles. The molecule has 0 N–H and O–H groups in total. The Balaban J connectivity index is 2.48. The highest BCUT2D eigenvalue weighted by atomic mass is 16.1. The molecule has 0 aromatic heterocycles. The third-order valence-corrected chi connectivity index (χ3v) is 3.69. The van der Waals surface area contributed by atoms with Gasteiger partial charge in [0.15, 0.2) is 0 Å². The summed E-state index contributed by atoms with van der Waals surface area (Å²) >= 11 is 0. The zero-order valence-corrected chi connectivity index (χ0v) is 10.6. The summed E-state index contributed by atoms with van der Waals surface area (Å²) in [5.41, 5.74) is 2.90. The molecule has 0 saturated carbocycles. The number of hydrogen-bond acceptors (Lipinski definition) is 1. The first-order valence-electron chi connectivity index (χ1n) is 5.99. The van der Waals surface area contributed by atoms with E-state index in [0.717, 1.165) is 6.42 Å². The first kappa shape index (κ1) is 11.4. The highest BCUT2D eigenvalue weighted by Gasteiger charge is 2.41. The maximum absolute atomic E-state index is 11.8. The minimum Gasteiger partial charge on any atom is -0.300 e. The number of carbonyl (C=O) groups excluding carboxylic acids is 1. The molecule has 1 aliphatic rings. The van der Waals surface area contributed by atoms with E-state index in [0.29, 0.717) is 11.7 Å². The molecule has 0 amide bonds. The molecule has 0 aliphatic heterocycles. The van der Waals surface area contributed by atoms with Crippen LogP contribution in [0.3, 0.4) is 0 Å². The lowest BCUT2D eigenvalue weighted by atomic mass is 9.72. The summed E-state index contributed by atoms with van der Waals surface area (Å²) in [6, 6.07) is 8.51. The van der Waals surface area contributed by atoms with Crippen LogP contribution in [-0.4, -0.2) is 5.78 Å². The lowest BCUT2D eigenvalue weighted by Gasteiger charge is -2.32. The van der Waals surface area contributed by atoms with E-state index in [2.05, 4.69) is 45.0 Å². The zero-order chi connectivity index (χ0) is 11.9. The van der Waals surface area contributed by atoms with E-state index < -0.39 is 0 Å². The summed E-state index contributed by atoms with van der Waals surface area (Å²) in [6.45, 7) is 8.43. The van der Waals surface area contributed by atoms with Gasteiger partial charge in [-0.25, -0.2) is 0 Å². The summed E-state index contributed by atoms with van der Waals surface area (Å²) in [7, 11) is 0. The Hall–Kier alpha value is -1.11. The fraction of sp³-hybridized carbons (Fsp3) is 0.533. The van der Waals surface area contributed by atoms with Crippen molar-refractivity contribution in [2.24, 2.45) is 11.3 Å². The molecule has 0 saturated heterocycles. The molecule has 16 heavy (non-hydrogen) atoms. The highest BCUT2D eigenvalue weighted by Crippen LogP contribution is 2.48. The maximum Gasteiger partial charge on any atom is 0.133 e. The third-order valence-electron chi connectivity index (χ3n) is 3.69. The fourth-order valence-corrected chi connectivity index (χ4v) is 3.04. The zero-order valence-electron chi connectivity index (χ0n) is 10.6. The van der Waals surface area contributed by atoms with Crippen LogP contribution in [0.1, 0.15) is 44.7 Å². The molecule has 86 valence electrons. The topological polar surface area (TPSA) is 17.1 Å². The predicted octanol–water partition coefficient (Wildman–Crippen LogP) is 3.58. The minimum atomic E-state index is 0.156. The van der Waals surface area contributed by atoms with Crippen molar-refractivity contribution in [2.75, 3.05) is 0 Å². The van der Waals surface area contributed by atoms with Crippen LogP contribution in [0.15, 0.2) is 24.3 Å². The molecule has 1 aromatic rings. The van der Waals surface area contributed by atoms with Gasteiger partial charge in [-0.1, -0.05) is 45.0 Å². The lowest BCUT2D eigenvalue weighted by molar-refractivity contribution is -0.122. The van der Waals surface area contributed by atoms with Crippen molar-refractivity contribution in [3.05, 3.63) is 35.4 Å². The van der Waals surface area contributed by atoms with Gasteiger partial charge in [-0.05, 0) is 35.8 Å². The molecule has 0 unspecified atom stereocenters. The van der Waals surface area contributed by atoms with Crippen molar-refractivity contribution in [1.82, 2.24) is 0 Å². The summed E-state index contributed by atoms with van der Waals surface area (Å²) in [5.74, 6) is 0.884. The van der Waals surface area contributed by atoms with Gasteiger partial charge in [0.1, 0.15) is 5.78 Å². The van der Waals surface area contributed by atoms with E-state index in [1.807, 2.05) is 0 Å². The van der Waals surface area contributed by atoms with Gasteiger partial charge in [0.2, 0.25) is 0 Å². The average Bonchev–Trinajstić information content (AvgIpc) is 2.55. The van der Waals surface area contributed by atoms with Crippen molar-refractivity contribution in [1.29, 1.82) is 0 Å². The molecule has 0 radical (unpaired) electrons. The summed E-state index contributed by atoms with van der Waals surface area (Å²) in [5, 5.41) is 0. The summed E-state index contributed by atoms with van der Waals surface area (Å²) < 4.78 is 0. The van der Waals surface area contributed by atoms with Crippen molar-refractivity contribution >= 4 is 5.78 Å². The van der Waals surface area contributed by atoms with Crippen LogP contribution < -0.4 is 0 Å². The van der Waals surface area contributed by atoms with Crippen LogP contribution in [0.4, 0.5) is 0 Å². The van der Waals surface area contributed by atoms with Gasteiger partial charge in [0.05, 0.1) is 0 Å². The Labute approximate surface area is 97.9 Å². The molecule has 1 aliphatic carbocycles. The first-order chi connectivity index (χ1) is 7.41. The van der Waals surface area contributed by atoms with Gasteiger partial charge in [-0.3, -0.25) is 4.79 Å². The number of fused-ring (bicyclic) bond motifs is 1. The molecule has 1 nitrogen and oxygen atoms in total. The van der Waals surface area contributed by atoms with E-state index in [1.165, 1.54) is 11.1 Å². The van der Waals surface area contributed by atoms with Crippen molar-refractivity contribution < 1.29 is 4.79 Å². The fourth-order valence-electron chi connectivity index (χ4n) is 3.04. The van der Waals surface area contributed by atoms with E-state index in [4.69, 9.17) is 0 Å². The lowest BCUT2D eigenvalue weighted by Crippen LogP contribution is -2.27. The Bertz CT molecular complexity index is 412. The number of rotatable bonds is 1. The summed E-state index contributed by atoms with van der Waals surface area (Å²) in [4.78, 5) is 11.8. The van der Waals surface area contributed by atoms with Crippen LogP contribution in [0, 0.1) is 11.3 Å². The highest BCUT2D eigenvalue weighted by molar-refractivity contribution is 5.81. The second kappa shape index (κ2) is 3.73. The largest absolute Gasteiger partial charge is 0.300 e. The number of Topliss-reactive ketones (excluding diaryl/α,β-unsaturated/α-hetero) is 1. The van der Waals surface area contributed by atoms with Gasteiger partial charge in [-0.2, -0.15) is 0 Å². The van der Waals surface area contributed by atoms with E-state index in [-0.39, 0.29) is 11.3 Å². The third kappa shape index (κ3) is 1.79. The van der Waals surface area contributed by atoms with Crippen LogP contribution in [-0.2, 0) is 11.2 Å². The molecule has 1 heteroatoms. The number of carbonyl (C=O) groups is 1. The van der Waals surface area contributed by atoms with Crippen molar-refractivity contribution in [2.45, 2.75) is 40.0 Å². The van der Waals surface area contributed by atoms with Crippen molar-refractivity contribution in [3.8, 4) is 0 Å². The maximum atomic E-state index is 11.8. The second-order valence-corrected chi connectivity index (χ2v) is 5.96. The van der Waals surface area contributed by atoms with E-state index >= 15 is 0 Å². The molecule has 0 fully saturated rings. The van der Waals surface area contributed by atoms with Gasteiger partial charge in [-0.15, -0.1) is 0 Å². The molecular weight excluding hydrogens is 196 g/mol. The van der Waals surface area contributed by atoms with Crippen LogP contribution >= 0.6 is 0 Å². The second-order valence-electron chi connectivity index (χ2n) is 5.96. The Kier molecular flexibility index (Phi) is 2.65. The Morgan fingerprint density at radius 3 is 2.44 bits per heavy atom. The molecule has 0 heterocycles. The molecule has 0 spiro atoms. The van der Waals surface area contributed by atoms with Gasteiger partial charge >= 0.3 is 0 Å². The van der Waals surface area contributed by atoms with Gasteiger partial charge in [0.25, 0.3) is 0 Å². The van der Waals surface area contributed by atoms with Crippen molar-refractivity contribution in [3.63, 3.8) is 0 Å². The number of ketones is 1. The van der Waals surface area contributed by atoms with E-state index in [9.17, 15) is 4.79 Å². The van der Waals surface area contributed by atoms with Gasteiger partial charge < -0.3 is 0 Å². The average molecular weight is 216 g/mol. The van der Waals surface area contributed by atoms with Crippen LogP contribution in [0.25, 0.3) is 0 Å². The van der Waals surface area contributed by atoms with Gasteiger partial charge in [0, 0.05) is 5.92 Å². The standard InChI is InChI=1S/C15H20O/c1-10(16)13-9-11-7-5-6-8-12(11)14(13)15(2,3)4/h5-8,13-14H,9H2,1-4H3/t13-,14-/m1/s1. The molecule has 2 atom stereocenters. The normalized spacial score (nSPS) is 24.2. The Morgan fingerprint density at radius 2 is 1.88 bits per heavy atom. The quantitative estimate of drug-likeness (QED) is 0.701. The molecular formula is C15H20O. The molecule has 0 bridgehead atoms. The number of hydrogen-bond donors (Lipinski definition) is 0. The van der Waals surface area contributed by atoms with Crippen LogP contribution in [0.2, 0.25) is 0 Å². The van der Waals surface area contributed by atoms with E-state index in [1.54, 1.807) is 6.92 Å². The summed E-state index contributed by atoms with van der Waals surface area (Å²) in [6.07, 6.45) is 0.924. The minimum absolute atomic E-state index is 0.156. The van der Waals surface area contributed by atoms with Crippen LogP contribution in [0.5, 0.6) is 0 Å². The number of benzene rings is 1. The first-order valence-corrected chi connectivity index (χ1v) is 5.99. The SMILES string of the molecule is CC(=O)[C@H]1Cc2ccccc2[C@H]1C(C)(C)C.